The van der Waals surface area contributed by atoms with Crippen LogP contribution < -0.4 is 0 Å². The molecule has 0 spiro atoms. The summed E-state index contributed by atoms with van der Waals surface area (Å²) in [5.41, 5.74) is 9.03. The third-order valence-electron chi connectivity index (χ3n) is 13.7. The van der Waals surface area contributed by atoms with Crippen LogP contribution >= 0.6 is 0 Å². The van der Waals surface area contributed by atoms with E-state index in [2.05, 4.69) is 94.1 Å². The number of para-hydroxylation sites is 9. The largest absolute Gasteiger partial charge is 0.309 e. The first-order valence-corrected chi connectivity index (χ1v) is 23.1. The number of fused-ring (bicyclic) bond motifs is 12. The summed E-state index contributed by atoms with van der Waals surface area (Å²) in [5, 5.41) is 5.96. The van der Waals surface area contributed by atoms with Crippen LogP contribution in [0.1, 0.15) is 11.0 Å². The van der Waals surface area contributed by atoms with Crippen LogP contribution in [0.2, 0.25) is 0 Å². The average molecular weight is 902 g/mol. The molecular weight excluding hydrogens is 855 g/mol. The Morgan fingerprint density at radius 1 is 0.271 bits per heavy atom. The first kappa shape index (κ1) is 31.4. The third kappa shape index (κ3) is 5.48. The zero-order chi connectivity index (χ0) is 52.8. The molecule has 7 nitrogen and oxygen atoms in total. The van der Waals surface area contributed by atoms with Crippen LogP contribution in [0.5, 0.6) is 0 Å². The molecule has 0 aliphatic heterocycles. The Kier molecular flexibility index (Phi) is 6.71. The molecule has 0 bridgehead atoms. The highest BCUT2D eigenvalue weighted by molar-refractivity contribution is 6.13. The van der Waals surface area contributed by atoms with Crippen molar-refractivity contribution in [1.29, 1.82) is 0 Å². The van der Waals surface area contributed by atoms with Gasteiger partial charge in [-0.05, 0) is 66.2 Å². The Hall–Kier alpha value is -9.59. The maximum Gasteiger partial charge on any atom is 0.240 e. The van der Waals surface area contributed by atoms with Gasteiger partial charge < -0.3 is 9.13 Å². The molecule has 10 aromatic carbocycles. The molecule has 5 aromatic heterocycles. The molecule has 0 N–H and O–H groups in total. The third-order valence-corrected chi connectivity index (χ3v) is 13.7. The van der Waals surface area contributed by atoms with Crippen LogP contribution in [-0.2, 0) is 0 Å². The van der Waals surface area contributed by atoms with Crippen molar-refractivity contribution in [1.82, 2.24) is 33.2 Å². The van der Waals surface area contributed by atoms with Crippen molar-refractivity contribution < 1.29 is 11.0 Å². The Balaban J connectivity index is 1.15. The number of nitrogens with zero attached hydrogens (tertiary/aromatic N) is 7. The van der Waals surface area contributed by atoms with Gasteiger partial charge in [0.25, 0.3) is 0 Å². The van der Waals surface area contributed by atoms with Gasteiger partial charge in [0.15, 0.2) is 5.82 Å². The normalized spacial score (nSPS) is 13.6. The number of hydrogen-bond donors (Lipinski definition) is 0. The van der Waals surface area contributed by atoms with Crippen molar-refractivity contribution in [2.24, 2.45) is 0 Å². The lowest BCUT2D eigenvalue weighted by Crippen LogP contribution is -2.12. The Bertz CT molecular complexity index is 4850. The Morgan fingerprint density at radius 3 is 1.09 bits per heavy atom. The van der Waals surface area contributed by atoms with E-state index >= 15 is 0 Å². The quantitative estimate of drug-likeness (QED) is 0.167. The molecule has 15 rings (SSSR count). The molecule has 0 unspecified atom stereocenters. The van der Waals surface area contributed by atoms with Crippen molar-refractivity contribution >= 4 is 87.2 Å². The van der Waals surface area contributed by atoms with Crippen molar-refractivity contribution in [2.45, 2.75) is 0 Å². The highest BCUT2D eigenvalue weighted by Gasteiger charge is 2.27. The number of hydrogen-bond acceptors (Lipinski definition) is 3. The standard InChI is InChI=1S/C63H39N7/c1-10-30-50-40(20-1)41-21-2-11-31-51(41)67(50)54-34-14-9-28-48(54)49-29-19-39-59(68-52-32-12-3-22-42(52)43-23-4-13-33-53(43)68)60(49)61-64-62(69-55-35-15-5-24-44(55)45-25-6-16-36-56(45)69)66-63(65-61)70-57-37-17-7-26-46(57)47-27-8-18-38-58(47)70/h1-39H/i5D,7D,15D,17D,24D,26D,35D,37D. The van der Waals surface area contributed by atoms with Crippen LogP contribution in [-0.4, -0.2) is 33.2 Å². The van der Waals surface area contributed by atoms with Crippen LogP contribution in [0.4, 0.5) is 0 Å². The molecule has 0 fully saturated rings. The van der Waals surface area contributed by atoms with Gasteiger partial charge in [-0.2, -0.15) is 15.0 Å². The number of benzene rings is 10. The molecular formula is C63H39N7. The first-order valence-electron chi connectivity index (χ1n) is 27.1. The molecule has 0 saturated carbocycles. The fourth-order valence-electron chi connectivity index (χ4n) is 10.9. The van der Waals surface area contributed by atoms with E-state index in [1.165, 1.54) is 0 Å². The highest BCUT2D eigenvalue weighted by atomic mass is 15.3. The summed E-state index contributed by atoms with van der Waals surface area (Å²) >= 11 is 0. The lowest BCUT2D eigenvalue weighted by molar-refractivity contribution is 0.892. The van der Waals surface area contributed by atoms with Crippen LogP contribution in [0.15, 0.2) is 236 Å². The van der Waals surface area contributed by atoms with E-state index in [-0.39, 0.29) is 75.8 Å². The summed E-state index contributed by atoms with van der Waals surface area (Å²) in [4.78, 5) is 16.3. The lowest BCUT2D eigenvalue weighted by Gasteiger charge is -2.21. The van der Waals surface area contributed by atoms with Gasteiger partial charge in [-0.1, -0.05) is 176 Å². The summed E-state index contributed by atoms with van der Waals surface area (Å²) < 4.78 is 81.1. The minimum Gasteiger partial charge on any atom is -0.309 e. The lowest BCUT2D eigenvalue weighted by atomic mass is 9.95. The van der Waals surface area contributed by atoms with E-state index in [4.69, 9.17) is 20.4 Å². The molecule has 15 aromatic rings. The molecule has 0 amide bonds. The van der Waals surface area contributed by atoms with E-state index < -0.39 is 12.1 Å². The minimum atomic E-state index is -0.426. The maximum absolute atomic E-state index is 9.53. The predicted molar refractivity (Wildman–Crippen MR) is 288 cm³/mol. The summed E-state index contributed by atoms with van der Waals surface area (Å²) in [7, 11) is 0. The molecule has 70 heavy (non-hydrogen) atoms. The summed E-state index contributed by atoms with van der Waals surface area (Å²) in [6, 6.07) is 59.7. The molecule has 7 heteroatoms. The van der Waals surface area contributed by atoms with Crippen molar-refractivity contribution in [2.75, 3.05) is 0 Å². The van der Waals surface area contributed by atoms with Gasteiger partial charge in [0.05, 0.1) is 72.0 Å². The molecule has 0 atom stereocenters. The van der Waals surface area contributed by atoms with Gasteiger partial charge in [0.1, 0.15) is 0 Å². The van der Waals surface area contributed by atoms with Gasteiger partial charge in [-0.15, -0.1) is 0 Å². The fraction of sp³-hybridized carbons (Fsp3) is 0. The highest BCUT2D eigenvalue weighted by Crippen LogP contribution is 2.44. The van der Waals surface area contributed by atoms with Gasteiger partial charge in [-0.25, -0.2) is 0 Å². The van der Waals surface area contributed by atoms with Gasteiger partial charge >= 0.3 is 0 Å². The van der Waals surface area contributed by atoms with E-state index in [0.717, 1.165) is 66.1 Å². The maximum atomic E-state index is 9.53. The molecule has 0 radical (unpaired) electrons. The molecule has 5 heterocycles. The number of aromatic nitrogens is 7. The van der Waals surface area contributed by atoms with E-state index in [9.17, 15) is 5.48 Å². The summed E-state index contributed by atoms with van der Waals surface area (Å²) in [6.45, 7) is 0. The van der Waals surface area contributed by atoms with Crippen LogP contribution in [0, 0.1) is 0 Å². The summed E-state index contributed by atoms with van der Waals surface area (Å²) in [6.07, 6.45) is 0. The summed E-state index contributed by atoms with van der Waals surface area (Å²) in [5.74, 6) is 0.200. The first-order chi connectivity index (χ1) is 38.1. The second-order valence-corrected chi connectivity index (χ2v) is 17.4. The topological polar surface area (TPSA) is 58.4 Å². The Labute approximate surface area is 412 Å². The van der Waals surface area contributed by atoms with Crippen molar-refractivity contribution in [3.63, 3.8) is 0 Å². The van der Waals surface area contributed by atoms with E-state index in [0.29, 0.717) is 27.4 Å². The predicted octanol–water partition coefficient (Wildman–Crippen LogP) is 15.6. The van der Waals surface area contributed by atoms with Gasteiger partial charge in [0.2, 0.25) is 11.9 Å². The van der Waals surface area contributed by atoms with E-state index in [1.807, 2.05) is 103 Å². The van der Waals surface area contributed by atoms with Gasteiger partial charge in [-0.3, -0.25) is 9.13 Å². The second-order valence-electron chi connectivity index (χ2n) is 17.4. The monoisotopic (exact) mass is 901 g/mol. The minimum absolute atomic E-state index is 0.0108. The molecule has 0 aliphatic carbocycles. The van der Waals surface area contributed by atoms with Crippen LogP contribution in [0.3, 0.4) is 0 Å². The van der Waals surface area contributed by atoms with Gasteiger partial charge in [0, 0.05) is 48.7 Å². The van der Waals surface area contributed by atoms with Crippen LogP contribution in [0.25, 0.3) is 133 Å². The molecule has 0 aliphatic rings. The Morgan fingerprint density at radius 2 is 0.614 bits per heavy atom. The second kappa shape index (κ2) is 15.0. The smallest absolute Gasteiger partial charge is 0.240 e. The zero-order valence-corrected chi connectivity index (χ0v) is 37.0. The molecule has 0 saturated heterocycles. The van der Waals surface area contributed by atoms with E-state index in [1.54, 1.807) is 9.13 Å². The van der Waals surface area contributed by atoms with Crippen molar-refractivity contribution in [3.05, 3.63) is 236 Å². The SMILES string of the molecule is [2H]c1c([2H])c([2H])c2c(c1[2H])c1ccccc1n2-c1nc(-c2c(-c3ccccc3-n3c4ccccc4c4ccccc43)cccc2-n2c3ccccc3c3ccccc32)nc(-n2c3ccccc3c3c([2H])c([2H])c([2H])c([2H])c32)n1. The fourth-order valence-corrected chi connectivity index (χ4v) is 10.9. The number of rotatable bonds is 6. The average Bonchev–Trinajstić information content (AvgIpc) is 4.40. The zero-order valence-electron chi connectivity index (χ0n) is 45.0. The van der Waals surface area contributed by atoms with Crippen molar-refractivity contribution in [3.8, 4) is 45.8 Å². The molecule has 326 valence electrons.